The van der Waals surface area contributed by atoms with E-state index in [1.165, 1.54) is 7.11 Å². The van der Waals surface area contributed by atoms with Crippen LogP contribution in [0.2, 0.25) is 0 Å². The van der Waals surface area contributed by atoms with E-state index in [1.54, 1.807) is 31.2 Å². The van der Waals surface area contributed by atoms with Crippen LogP contribution in [-0.2, 0) is 9.53 Å². The first-order valence-corrected chi connectivity index (χ1v) is 4.79. The SMILES string of the molecule is COC(=O)[C@@H](C)NC(=O)c1cccc(N)c1.Cl. The van der Waals surface area contributed by atoms with Gasteiger partial charge in [-0.2, -0.15) is 0 Å². The fourth-order valence-electron chi connectivity index (χ4n) is 1.20. The second kappa shape index (κ2) is 6.75. The summed E-state index contributed by atoms with van der Waals surface area (Å²) in [5.41, 5.74) is 6.45. The predicted octanol–water partition coefficient (Wildman–Crippen LogP) is 0.982. The molecule has 0 aliphatic rings. The van der Waals surface area contributed by atoms with E-state index in [2.05, 4.69) is 10.1 Å². The quantitative estimate of drug-likeness (QED) is 0.626. The van der Waals surface area contributed by atoms with Crippen molar-refractivity contribution in [2.45, 2.75) is 13.0 Å². The Morgan fingerprint density at radius 3 is 2.59 bits per heavy atom. The van der Waals surface area contributed by atoms with Gasteiger partial charge in [0.05, 0.1) is 7.11 Å². The molecule has 0 aliphatic heterocycles. The fourth-order valence-corrected chi connectivity index (χ4v) is 1.20. The van der Waals surface area contributed by atoms with Gasteiger partial charge in [0, 0.05) is 11.3 Å². The Hall–Kier alpha value is -1.75. The maximum Gasteiger partial charge on any atom is 0.328 e. The summed E-state index contributed by atoms with van der Waals surface area (Å²) in [6.45, 7) is 1.55. The Bertz CT molecular complexity index is 409. The number of esters is 1. The number of nitrogens with two attached hydrogens (primary N) is 1. The lowest BCUT2D eigenvalue weighted by Gasteiger charge is -2.11. The van der Waals surface area contributed by atoms with E-state index in [1.807, 2.05) is 0 Å². The Balaban J connectivity index is 0.00000256. The Morgan fingerprint density at radius 1 is 1.41 bits per heavy atom. The third-order valence-electron chi connectivity index (χ3n) is 2.05. The fraction of sp³-hybridized carbons (Fsp3) is 0.273. The van der Waals surface area contributed by atoms with Gasteiger partial charge in [-0.1, -0.05) is 6.07 Å². The highest BCUT2D eigenvalue weighted by atomic mass is 35.5. The maximum atomic E-state index is 11.7. The van der Waals surface area contributed by atoms with Gasteiger partial charge in [0.15, 0.2) is 0 Å². The van der Waals surface area contributed by atoms with E-state index >= 15 is 0 Å². The molecule has 0 aliphatic carbocycles. The van der Waals surface area contributed by atoms with E-state index in [0.29, 0.717) is 11.3 Å². The van der Waals surface area contributed by atoms with Gasteiger partial charge in [0.2, 0.25) is 0 Å². The summed E-state index contributed by atoms with van der Waals surface area (Å²) < 4.78 is 4.49. The number of hydrogen-bond donors (Lipinski definition) is 2. The van der Waals surface area contributed by atoms with Gasteiger partial charge in [-0.25, -0.2) is 4.79 Å². The molecule has 0 unspecified atom stereocenters. The zero-order valence-electron chi connectivity index (χ0n) is 9.60. The average molecular weight is 259 g/mol. The summed E-state index contributed by atoms with van der Waals surface area (Å²) in [6, 6.07) is 5.83. The van der Waals surface area contributed by atoms with Crippen molar-refractivity contribution in [2.24, 2.45) is 0 Å². The van der Waals surface area contributed by atoms with Crippen LogP contribution in [-0.4, -0.2) is 25.0 Å². The lowest BCUT2D eigenvalue weighted by molar-refractivity contribution is -0.142. The number of carbonyl (C=O) groups excluding carboxylic acids is 2. The molecule has 0 spiro atoms. The lowest BCUT2D eigenvalue weighted by atomic mass is 10.2. The third-order valence-corrected chi connectivity index (χ3v) is 2.05. The van der Waals surface area contributed by atoms with Gasteiger partial charge in [0.25, 0.3) is 5.91 Å². The van der Waals surface area contributed by atoms with Crippen LogP contribution in [0.5, 0.6) is 0 Å². The number of nitrogen functional groups attached to an aromatic ring is 1. The Morgan fingerprint density at radius 2 is 2.06 bits per heavy atom. The van der Waals surface area contributed by atoms with Crippen LogP contribution in [0.1, 0.15) is 17.3 Å². The zero-order chi connectivity index (χ0) is 12.1. The van der Waals surface area contributed by atoms with Gasteiger partial charge in [-0.05, 0) is 25.1 Å². The number of rotatable bonds is 3. The van der Waals surface area contributed by atoms with Gasteiger partial charge >= 0.3 is 5.97 Å². The monoisotopic (exact) mass is 258 g/mol. The summed E-state index contributed by atoms with van der Waals surface area (Å²) in [5, 5.41) is 2.51. The molecule has 5 nitrogen and oxygen atoms in total. The minimum absolute atomic E-state index is 0. The highest BCUT2D eigenvalue weighted by Crippen LogP contribution is 2.06. The Labute approximate surface area is 106 Å². The molecule has 1 aromatic carbocycles. The second-order valence-corrected chi connectivity index (χ2v) is 3.34. The highest BCUT2D eigenvalue weighted by molar-refractivity contribution is 5.97. The van der Waals surface area contributed by atoms with E-state index in [9.17, 15) is 9.59 Å². The van der Waals surface area contributed by atoms with E-state index in [4.69, 9.17) is 5.73 Å². The van der Waals surface area contributed by atoms with Crippen LogP contribution >= 0.6 is 12.4 Å². The van der Waals surface area contributed by atoms with Crippen molar-refractivity contribution in [1.29, 1.82) is 0 Å². The number of amides is 1. The first kappa shape index (κ1) is 15.2. The molecule has 17 heavy (non-hydrogen) atoms. The van der Waals surface area contributed by atoms with Crippen molar-refractivity contribution in [3.8, 4) is 0 Å². The molecule has 0 bridgehead atoms. The molecule has 0 saturated heterocycles. The van der Waals surface area contributed by atoms with Crippen LogP contribution in [0, 0.1) is 0 Å². The molecule has 94 valence electrons. The molecule has 1 amide bonds. The molecule has 0 saturated carbocycles. The maximum absolute atomic E-state index is 11.7. The van der Waals surface area contributed by atoms with E-state index in [0.717, 1.165) is 0 Å². The van der Waals surface area contributed by atoms with Crippen LogP contribution in [0.4, 0.5) is 5.69 Å². The van der Waals surface area contributed by atoms with E-state index < -0.39 is 12.0 Å². The van der Waals surface area contributed by atoms with Gasteiger partial charge in [-0.15, -0.1) is 12.4 Å². The molecule has 1 rings (SSSR count). The number of anilines is 1. The topological polar surface area (TPSA) is 81.4 Å². The summed E-state index contributed by atoms with van der Waals surface area (Å²) in [6.07, 6.45) is 0. The first-order chi connectivity index (χ1) is 7.54. The van der Waals surface area contributed by atoms with Crippen molar-refractivity contribution >= 4 is 30.0 Å². The number of nitrogens with one attached hydrogen (secondary N) is 1. The molecular weight excluding hydrogens is 244 g/mol. The summed E-state index contributed by atoms with van der Waals surface area (Å²) in [7, 11) is 1.27. The predicted molar refractivity (Wildman–Crippen MR) is 67.0 cm³/mol. The van der Waals surface area contributed by atoms with Gasteiger partial charge < -0.3 is 15.8 Å². The summed E-state index contributed by atoms with van der Waals surface area (Å²) in [5.74, 6) is -0.845. The molecule has 0 heterocycles. The average Bonchev–Trinajstić information content (AvgIpc) is 2.27. The largest absolute Gasteiger partial charge is 0.467 e. The van der Waals surface area contributed by atoms with Crippen molar-refractivity contribution in [1.82, 2.24) is 5.32 Å². The third kappa shape index (κ3) is 4.32. The molecule has 0 aromatic heterocycles. The molecule has 1 aromatic rings. The minimum Gasteiger partial charge on any atom is -0.467 e. The van der Waals surface area contributed by atoms with E-state index in [-0.39, 0.29) is 18.3 Å². The number of ether oxygens (including phenoxy) is 1. The van der Waals surface area contributed by atoms with Gasteiger partial charge in [0.1, 0.15) is 6.04 Å². The molecule has 1 atom stereocenters. The molecule has 6 heteroatoms. The number of carbonyl (C=O) groups is 2. The van der Waals surface area contributed by atoms with Crippen LogP contribution in [0.15, 0.2) is 24.3 Å². The number of halogens is 1. The normalized spacial score (nSPS) is 10.9. The van der Waals surface area contributed by atoms with Crippen molar-refractivity contribution in [2.75, 3.05) is 12.8 Å². The zero-order valence-corrected chi connectivity index (χ0v) is 10.4. The highest BCUT2D eigenvalue weighted by Gasteiger charge is 2.16. The van der Waals surface area contributed by atoms with Crippen LogP contribution < -0.4 is 11.1 Å². The second-order valence-electron chi connectivity index (χ2n) is 3.34. The van der Waals surface area contributed by atoms with Crippen LogP contribution in [0.25, 0.3) is 0 Å². The van der Waals surface area contributed by atoms with Gasteiger partial charge in [-0.3, -0.25) is 4.79 Å². The summed E-state index contributed by atoms with van der Waals surface area (Å²) >= 11 is 0. The van der Waals surface area contributed by atoms with Crippen molar-refractivity contribution in [3.05, 3.63) is 29.8 Å². The molecule has 3 N–H and O–H groups in total. The molecular formula is C11H15ClN2O3. The first-order valence-electron chi connectivity index (χ1n) is 4.79. The lowest BCUT2D eigenvalue weighted by Crippen LogP contribution is -2.39. The number of hydrogen-bond acceptors (Lipinski definition) is 4. The molecule has 0 radical (unpaired) electrons. The number of methoxy groups -OCH3 is 1. The number of benzene rings is 1. The smallest absolute Gasteiger partial charge is 0.328 e. The Kier molecular flexibility index (Phi) is 6.06. The van der Waals surface area contributed by atoms with Crippen LogP contribution in [0.3, 0.4) is 0 Å². The molecule has 0 fully saturated rings. The van der Waals surface area contributed by atoms with Crippen molar-refractivity contribution in [3.63, 3.8) is 0 Å². The summed E-state index contributed by atoms with van der Waals surface area (Å²) in [4.78, 5) is 22.7. The minimum atomic E-state index is -0.682. The van der Waals surface area contributed by atoms with Crippen molar-refractivity contribution < 1.29 is 14.3 Å². The standard InChI is InChI=1S/C11H14N2O3.ClH/c1-7(11(15)16-2)13-10(14)8-4-3-5-9(12)6-8;/h3-7H,12H2,1-2H3,(H,13,14);1H/t7-;/m1./s1.